The number of para-hydroxylation sites is 1. The molecule has 0 unspecified atom stereocenters. The number of aromatic amines is 1. The Bertz CT molecular complexity index is 1360. The molecule has 7 nitrogen and oxygen atoms in total. The van der Waals surface area contributed by atoms with E-state index in [1.54, 1.807) is 18.1 Å². The van der Waals surface area contributed by atoms with E-state index in [2.05, 4.69) is 11.1 Å². The number of ether oxygens (including phenoxy) is 1. The Balaban J connectivity index is 1.43. The van der Waals surface area contributed by atoms with Crippen LogP contribution in [0, 0.1) is 10.1 Å². The maximum absolute atomic E-state index is 13.2. The van der Waals surface area contributed by atoms with Crippen molar-refractivity contribution in [2.75, 3.05) is 18.6 Å². The predicted molar refractivity (Wildman–Crippen MR) is 128 cm³/mol. The molecule has 0 fully saturated rings. The summed E-state index contributed by atoms with van der Waals surface area (Å²) in [5, 5.41) is 12.3. The van der Waals surface area contributed by atoms with Crippen LogP contribution in [0.5, 0.6) is 5.75 Å². The number of anilines is 1. The van der Waals surface area contributed by atoms with Gasteiger partial charge >= 0.3 is 0 Å². The molecule has 2 heterocycles. The fourth-order valence-electron chi connectivity index (χ4n) is 4.57. The summed E-state index contributed by atoms with van der Waals surface area (Å²) in [6, 6.07) is 20.7. The van der Waals surface area contributed by atoms with Crippen molar-refractivity contribution in [1.29, 1.82) is 0 Å². The Labute approximate surface area is 190 Å². The zero-order valence-electron chi connectivity index (χ0n) is 18.2. The molecule has 4 aromatic rings. The van der Waals surface area contributed by atoms with Crippen LogP contribution in [-0.2, 0) is 17.6 Å². The van der Waals surface area contributed by atoms with Gasteiger partial charge in [-0.1, -0.05) is 24.3 Å². The van der Waals surface area contributed by atoms with E-state index in [1.807, 2.05) is 42.5 Å². The highest BCUT2D eigenvalue weighted by molar-refractivity contribution is 5.97. The van der Waals surface area contributed by atoms with Gasteiger partial charge in [0.1, 0.15) is 5.75 Å². The molecular weight excluding hydrogens is 418 g/mol. The minimum Gasteiger partial charge on any atom is -0.497 e. The first kappa shape index (κ1) is 20.8. The molecule has 0 aliphatic carbocycles. The molecule has 3 aromatic carbocycles. The quantitative estimate of drug-likeness (QED) is 0.326. The van der Waals surface area contributed by atoms with Crippen LogP contribution in [-0.4, -0.2) is 29.5 Å². The van der Waals surface area contributed by atoms with Crippen LogP contribution in [0.3, 0.4) is 0 Å². The van der Waals surface area contributed by atoms with Crippen LogP contribution in [0.25, 0.3) is 22.2 Å². The molecular formula is C26H23N3O4. The Morgan fingerprint density at radius 1 is 1.12 bits per heavy atom. The van der Waals surface area contributed by atoms with Gasteiger partial charge in [0, 0.05) is 41.7 Å². The topological polar surface area (TPSA) is 88.5 Å². The first-order valence-corrected chi connectivity index (χ1v) is 10.9. The molecule has 1 amide bonds. The first-order chi connectivity index (χ1) is 16.0. The van der Waals surface area contributed by atoms with Crippen molar-refractivity contribution in [2.45, 2.75) is 19.3 Å². The van der Waals surface area contributed by atoms with Gasteiger partial charge in [-0.15, -0.1) is 0 Å². The van der Waals surface area contributed by atoms with Crippen LogP contribution >= 0.6 is 0 Å². The summed E-state index contributed by atoms with van der Waals surface area (Å²) in [6.07, 6.45) is 1.58. The molecule has 0 saturated carbocycles. The highest BCUT2D eigenvalue weighted by atomic mass is 16.6. The molecule has 1 aromatic heterocycles. The second-order valence-electron chi connectivity index (χ2n) is 8.12. The van der Waals surface area contributed by atoms with Crippen molar-refractivity contribution in [3.8, 4) is 17.0 Å². The lowest BCUT2D eigenvalue weighted by atomic mass is 10.0. The summed E-state index contributed by atoms with van der Waals surface area (Å²) < 4.78 is 5.28. The fraction of sp³-hybridized carbons (Fsp3) is 0.192. The monoisotopic (exact) mass is 441 g/mol. The Morgan fingerprint density at radius 2 is 1.91 bits per heavy atom. The van der Waals surface area contributed by atoms with Crippen LogP contribution in [0.1, 0.15) is 17.5 Å². The first-order valence-electron chi connectivity index (χ1n) is 10.9. The number of amides is 1. The van der Waals surface area contributed by atoms with E-state index in [-0.39, 0.29) is 11.6 Å². The van der Waals surface area contributed by atoms with Crippen molar-refractivity contribution in [3.05, 3.63) is 88.0 Å². The molecule has 166 valence electrons. The molecule has 1 aliphatic rings. The Kier molecular flexibility index (Phi) is 5.30. The maximum Gasteiger partial charge on any atom is 0.271 e. The number of rotatable bonds is 6. The number of nitro groups is 1. The number of carbonyl (C=O) groups excluding carboxylic acids is 1. The highest BCUT2D eigenvalue weighted by Crippen LogP contribution is 2.34. The minimum atomic E-state index is -0.422. The maximum atomic E-state index is 13.2. The average Bonchev–Trinajstić information content (AvgIpc) is 3.43. The lowest BCUT2D eigenvalue weighted by molar-refractivity contribution is -0.384. The molecule has 0 bridgehead atoms. The minimum absolute atomic E-state index is 0.00636. The second kappa shape index (κ2) is 8.43. The van der Waals surface area contributed by atoms with Gasteiger partial charge in [0.05, 0.1) is 17.7 Å². The number of benzene rings is 3. The number of aromatic nitrogens is 1. The van der Waals surface area contributed by atoms with Crippen molar-refractivity contribution in [2.24, 2.45) is 0 Å². The van der Waals surface area contributed by atoms with Gasteiger partial charge in [0.2, 0.25) is 5.91 Å². The average molecular weight is 441 g/mol. The molecule has 7 heteroatoms. The zero-order valence-corrected chi connectivity index (χ0v) is 18.2. The van der Waals surface area contributed by atoms with Crippen molar-refractivity contribution < 1.29 is 14.5 Å². The van der Waals surface area contributed by atoms with E-state index in [4.69, 9.17) is 4.74 Å². The number of methoxy groups -OCH3 is 1. The van der Waals surface area contributed by atoms with Gasteiger partial charge in [-0.05, 0) is 59.9 Å². The summed E-state index contributed by atoms with van der Waals surface area (Å²) in [6.45, 7) is 0.550. The van der Waals surface area contributed by atoms with E-state index in [0.717, 1.165) is 39.0 Å². The van der Waals surface area contributed by atoms with Gasteiger partial charge in [0.15, 0.2) is 0 Å². The molecule has 33 heavy (non-hydrogen) atoms. The fourth-order valence-corrected chi connectivity index (χ4v) is 4.57. The third kappa shape index (κ3) is 3.82. The number of non-ortho nitro benzene ring substituents is 1. The van der Waals surface area contributed by atoms with Crippen molar-refractivity contribution in [3.63, 3.8) is 0 Å². The van der Waals surface area contributed by atoms with Crippen molar-refractivity contribution >= 4 is 28.2 Å². The zero-order chi connectivity index (χ0) is 22.9. The lowest BCUT2D eigenvalue weighted by Gasteiger charge is -2.17. The largest absolute Gasteiger partial charge is 0.497 e. The standard InChI is InChI=1S/C26H23N3O4/c1-33-20-10-7-18(8-11-20)26-22(21-4-2-3-5-23(21)27-26)12-13-25(30)28-15-14-17-6-9-19(29(31)32)16-24(17)28/h2-11,16,27H,12-15H2,1H3. The molecule has 0 atom stereocenters. The molecule has 0 saturated heterocycles. The van der Waals surface area contributed by atoms with Gasteiger partial charge < -0.3 is 14.6 Å². The third-order valence-corrected chi connectivity index (χ3v) is 6.26. The number of nitrogens with zero attached hydrogens (tertiary/aromatic N) is 2. The number of H-pyrrole nitrogens is 1. The number of fused-ring (bicyclic) bond motifs is 2. The van der Waals surface area contributed by atoms with Crippen LogP contribution in [0.2, 0.25) is 0 Å². The lowest BCUT2D eigenvalue weighted by Crippen LogP contribution is -2.29. The van der Waals surface area contributed by atoms with E-state index in [9.17, 15) is 14.9 Å². The van der Waals surface area contributed by atoms with Gasteiger partial charge in [-0.3, -0.25) is 14.9 Å². The van der Waals surface area contributed by atoms with Gasteiger partial charge in [-0.25, -0.2) is 0 Å². The number of hydrogen-bond acceptors (Lipinski definition) is 4. The number of aryl methyl sites for hydroxylation is 1. The van der Waals surface area contributed by atoms with Gasteiger partial charge in [-0.2, -0.15) is 0 Å². The van der Waals surface area contributed by atoms with Crippen LogP contribution < -0.4 is 9.64 Å². The summed E-state index contributed by atoms with van der Waals surface area (Å²) in [5.74, 6) is 0.758. The number of hydrogen-bond donors (Lipinski definition) is 1. The predicted octanol–water partition coefficient (Wildman–Crippen LogP) is 5.27. The molecule has 1 aliphatic heterocycles. The summed E-state index contributed by atoms with van der Waals surface area (Å²) >= 11 is 0. The molecule has 0 radical (unpaired) electrons. The highest BCUT2D eigenvalue weighted by Gasteiger charge is 2.27. The summed E-state index contributed by atoms with van der Waals surface area (Å²) in [5.41, 5.74) is 5.76. The van der Waals surface area contributed by atoms with E-state index >= 15 is 0 Å². The van der Waals surface area contributed by atoms with Crippen LogP contribution in [0.15, 0.2) is 66.7 Å². The summed E-state index contributed by atoms with van der Waals surface area (Å²) in [7, 11) is 1.64. The number of carbonyl (C=O) groups is 1. The number of nitrogens with one attached hydrogen (secondary N) is 1. The normalized spacial score (nSPS) is 12.7. The van der Waals surface area contributed by atoms with E-state index < -0.39 is 4.92 Å². The van der Waals surface area contributed by atoms with Crippen LogP contribution in [0.4, 0.5) is 11.4 Å². The Morgan fingerprint density at radius 3 is 2.67 bits per heavy atom. The van der Waals surface area contributed by atoms with E-state index in [0.29, 0.717) is 31.5 Å². The SMILES string of the molecule is COc1ccc(-c2[nH]c3ccccc3c2CCC(=O)N2CCc3ccc([N+](=O)[O-])cc32)cc1. The third-order valence-electron chi connectivity index (χ3n) is 6.26. The van der Waals surface area contributed by atoms with Gasteiger partial charge in [0.25, 0.3) is 5.69 Å². The molecule has 0 spiro atoms. The molecule has 1 N–H and O–H groups in total. The Hall–Kier alpha value is -4.13. The second-order valence-corrected chi connectivity index (χ2v) is 8.12. The molecule has 5 rings (SSSR count). The number of nitro benzene ring substituents is 1. The van der Waals surface area contributed by atoms with E-state index in [1.165, 1.54) is 12.1 Å². The van der Waals surface area contributed by atoms with Crippen molar-refractivity contribution in [1.82, 2.24) is 4.98 Å². The smallest absolute Gasteiger partial charge is 0.271 e. The summed E-state index contributed by atoms with van der Waals surface area (Å²) in [4.78, 5) is 29.1.